The highest BCUT2D eigenvalue weighted by Crippen LogP contribution is 2.47. The molecule has 1 rings (SSSR count). The van der Waals surface area contributed by atoms with E-state index in [-0.39, 0.29) is 6.42 Å². The monoisotopic (exact) mass is 592 g/mol. The maximum absolute atomic E-state index is 12.1. The number of carbonyl (C=O) groups is 1. The van der Waals surface area contributed by atoms with Crippen LogP contribution in [0.25, 0.3) is 0 Å². The van der Waals surface area contributed by atoms with Crippen molar-refractivity contribution in [2.24, 2.45) is 0 Å². The second kappa shape index (κ2) is 20.2. The third-order valence-electron chi connectivity index (χ3n) is 5.92. The lowest BCUT2D eigenvalue weighted by Gasteiger charge is -2.41. The SMILES string of the molecule is CC/C=C\C/C=C\C/C=C\C/C=C\CCCCC(=O)OCC(O)COP(=O)(O)OC1C(O)C(O)C(O)C(O)C1O. The zero-order chi connectivity index (χ0) is 30.0. The zero-order valence-electron chi connectivity index (χ0n) is 22.9. The fourth-order valence-electron chi connectivity index (χ4n) is 3.62. The molecule has 0 bridgehead atoms. The molecule has 1 fully saturated rings. The van der Waals surface area contributed by atoms with E-state index >= 15 is 0 Å². The van der Waals surface area contributed by atoms with Crippen molar-refractivity contribution in [1.29, 1.82) is 0 Å². The van der Waals surface area contributed by atoms with Gasteiger partial charge in [-0.3, -0.25) is 13.8 Å². The Bertz CT molecular complexity index is 858. The van der Waals surface area contributed by atoms with Gasteiger partial charge in [-0.05, 0) is 44.9 Å². The number of esters is 1. The number of carbonyl (C=O) groups excluding carboxylic acids is 1. The lowest BCUT2D eigenvalue weighted by Crippen LogP contribution is -2.64. The highest BCUT2D eigenvalue weighted by molar-refractivity contribution is 7.47. The van der Waals surface area contributed by atoms with Gasteiger partial charge in [0.15, 0.2) is 0 Å². The normalized spacial score (nSPS) is 28.1. The summed E-state index contributed by atoms with van der Waals surface area (Å²) in [7, 11) is -5.00. The molecule has 230 valence electrons. The van der Waals surface area contributed by atoms with Crippen molar-refractivity contribution in [3.05, 3.63) is 48.6 Å². The molecule has 0 saturated heterocycles. The first-order chi connectivity index (χ1) is 19.0. The molecular formula is C27H45O12P. The van der Waals surface area contributed by atoms with Crippen LogP contribution in [0, 0.1) is 0 Å². The van der Waals surface area contributed by atoms with Crippen LogP contribution in [-0.4, -0.2) is 97.4 Å². The highest BCUT2D eigenvalue weighted by atomic mass is 31.2. The number of rotatable bonds is 19. The van der Waals surface area contributed by atoms with Gasteiger partial charge in [-0.1, -0.05) is 55.5 Å². The van der Waals surface area contributed by atoms with Gasteiger partial charge < -0.3 is 40.3 Å². The fourth-order valence-corrected chi connectivity index (χ4v) is 4.60. The summed E-state index contributed by atoms with van der Waals surface area (Å²) in [6.07, 6.45) is 9.67. The third-order valence-corrected chi connectivity index (χ3v) is 6.90. The zero-order valence-corrected chi connectivity index (χ0v) is 23.7. The van der Waals surface area contributed by atoms with Crippen molar-refractivity contribution < 1.29 is 58.7 Å². The number of ether oxygens (including phenoxy) is 1. The van der Waals surface area contributed by atoms with Crippen molar-refractivity contribution in [2.75, 3.05) is 13.2 Å². The summed E-state index contributed by atoms with van der Waals surface area (Å²) < 4.78 is 26.3. The maximum atomic E-state index is 12.1. The van der Waals surface area contributed by atoms with Crippen molar-refractivity contribution in [1.82, 2.24) is 0 Å². The van der Waals surface area contributed by atoms with Crippen LogP contribution in [0.1, 0.15) is 58.3 Å². The lowest BCUT2D eigenvalue weighted by molar-refractivity contribution is -0.220. The van der Waals surface area contributed by atoms with E-state index in [2.05, 4.69) is 58.5 Å². The molecule has 13 heteroatoms. The number of hydrogen-bond acceptors (Lipinski definition) is 11. The molecule has 0 aromatic rings. The molecule has 0 aromatic carbocycles. The Hall–Kier alpha value is -1.70. The van der Waals surface area contributed by atoms with Crippen LogP contribution in [0.15, 0.2) is 48.6 Å². The minimum absolute atomic E-state index is 0.136. The van der Waals surface area contributed by atoms with Gasteiger partial charge in [0.25, 0.3) is 0 Å². The largest absolute Gasteiger partial charge is 0.472 e. The molecule has 0 radical (unpaired) electrons. The average molecular weight is 593 g/mol. The predicted octanol–water partition coefficient (Wildman–Crippen LogP) is 1.58. The Kier molecular flexibility index (Phi) is 18.4. The Balaban J connectivity index is 2.17. The molecule has 40 heavy (non-hydrogen) atoms. The van der Waals surface area contributed by atoms with Crippen LogP contribution >= 0.6 is 7.82 Å². The average Bonchev–Trinajstić information content (AvgIpc) is 2.93. The van der Waals surface area contributed by atoms with Gasteiger partial charge in [-0.2, -0.15) is 0 Å². The van der Waals surface area contributed by atoms with Crippen LogP contribution < -0.4 is 0 Å². The summed E-state index contributed by atoms with van der Waals surface area (Å²) in [5.74, 6) is -0.553. The molecule has 6 atom stereocenters. The minimum Gasteiger partial charge on any atom is -0.463 e. The van der Waals surface area contributed by atoms with Crippen LogP contribution in [0.4, 0.5) is 0 Å². The fraction of sp³-hybridized carbons (Fsp3) is 0.667. The lowest BCUT2D eigenvalue weighted by atomic mass is 9.85. The molecule has 0 aromatic heterocycles. The van der Waals surface area contributed by atoms with Crippen LogP contribution in [0.5, 0.6) is 0 Å². The summed E-state index contributed by atoms with van der Waals surface area (Å²) in [5, 5.41) is 58.5. The van der Waals surface area contributed by atoms with Gasteiger partial charge in [0.05, 0.1) is 6.61 Å². The van der Waals surface area contributed by atoms with Gasteiger partial charge in [0.1, 0.15) is 49.3 Å². The molecule has 0 aliphatic heterocycles. The Morgan fingerprint density at radius 3 is 1.82 bits per heavy atom. The van der Waals surface area contributed by atoms with Gasteiger partial charge in [-0.15, -0.1) is 0 Å². The number of aliphatic hydroxyl groups excluding tert-OH is 6. The van der Waals surface area contributed by atoms with Gasteiger partial charge in [0, 0.05) is 6.42 Å². The first-order valence-electron chi connectivity index (χ1n) is 13.5. The topological polar surface area (TPSA) is 203 Å². The number of hydrogen-bond donors (Lipinski definition) is 7. The maximum Gasteiger partial charge on any atom is 0.472 e. The van der Waals surface area contributed by atoms with Crippen LogP contribution in [0.3, 0.4) is 0 Å². The molecule has 6 unspecified atom stereocenters. The Morgan fingerprint density at radius 1 is 0.775 bits per heavy atom. The third kappa shape index (κ3) is 14.8. The number of aliphatic hydroxyl groups is 6. The van der Waals surface area contributed by atoms with Crippen molar-refractivity contribution in [3.63, 3.8) is 0 Å². The van der Waals surface area contributed by atoms with E-state index in [9.17, 15) is 44.9 Å². The highest BCUT2D eigenvalue weighted by Gasteiger charge is 2.51. The van der Waals surface area contributed by atoms with Gasteiger partial charge in [-0.25, -0.2) is 4.57 Å². The van der Waals surface area contributed by atoms with Gasteiger partial charge in [0.2, 0.25) is 0 Å². The molecule has 12 nitrogen and oxygen atoms in total. The second-order valence-electron chi connectivity index (χ2n) is 9.37. The number of phosphoric acid groups is 1. The molecule has 1 aliphatic rings. The van der Waals surface area contributed by atoms with E-state index in [4.69, 9.17) is 4.74 Å². The Morgan fingerprint density at radius 2 is 1.27 bits per heavy atom. The number of unbranched alkanes of at least 4 members (excludes halogenated alkanes) is 2. The van der Waals surface area contributed by atoms with E-state index in [1.807, 2.05) is 6.08 Å². The van der Waals surface area contributed by atoms with Crippen molar-refractivity contribution >= 4 is 13.8 Å². The molecule has 0 spiro atoms. The van der Waals surface area contributed by atoms with Crippen molar-refractivity contribution in [2.45, 2.75) is 101 Å². The summed E-state index contributed by atoms with van der Waals surface area (Å²) in [6, 6.07) is 0. The van der Waals surface area contributed by atoms with E-state index in [0.29, 0.717) is 6.42 Å². The summed E-state index contributed by atoms with van der Waals surface area (Å²) in [5.41, 5.74) is 0. The predicted molar refractivity (Wildman–Crippen MR) is 147 cm³/mol. The van der Waals surface area contributed by atoms with E-state index < -0.39 is 69.7 Å². The molecule has 0 amide bonds. The second-order valence-corrected chi connectivity index (χ2v) is 10.8. The summed E-state index contributed by atoms with van der Waals surface area (Å²) in [4.78, 5) is 21.6. The van der Waals surface area contributed by atoms with Crippen molar-refractivity contribution in [3.8, 4) is 0 Å². The molecule has 1 saturated carbocycles. The van der Waals surface area contributed by atoms with E-state index in [0.717, 1.165) is 38.5 Å². The first kappa shape index (κ1) is 36.3. The standard InChI is InChI=1S/C27H45O12P/c1-2-3-4-5-6-7-8-9-10-11-12-13-14-15-16-17-21(29)37-18-20(28)19-38-40(35,36)39-27-25(33)23(31)22(30)24(32)26(27)34/h3-4,6-7,9-10,12-13,20,22-28,30-34H,2,5,8,11,14-19H2,1H3,(H,35,36)/b4-3-,7-6-,10-9-,13-12-. The van der Waals surface area contributed by atoms with Crippen LogP contribution in [-0.2, 0) is 23.1 Å². The molecule has 0 heterocycles. The molecule has 7 N–H and O–H groups in total. The van der Waals surface area contributed by atoms with E-state index in [1.54, 1.807) is 0 Å². The smallest absolute Gasteiger partial charge is 0.463 e. The summed E-state index contributed by atoms with van der Waals surface area (Å²) in [6.45, 7) is 0.809. The molecular weight excluding hydrogens is 547 g/mol. The molecule has 1 aliphatic carbocycles. The quantitative estimate of drug-likeness (QED) is 0.0494. The summed E-state index contributed by atoms with van der Waals surface area (Å²) >= 11 is 0. The first-order valence-corrected chi connectivity index (χ1v) is 15.0. The van der Waals surface area contributed by atoms with E-state index in [1.165, 1.54) is 0 Å². The number of allylic oxidation sites excluding steroid dienone is 8. The van der Waals surface area contributed by atoms with Gasteiger partial charge >= 0.3 is 13.8 Å². The van der Waals surface area contributed by atoms with Crippen LogP contribution in [0.2, 0.25) is 0 Å². The minimum atomic E-state index is -5.00. The Labute approximate surface area is 235 Å². The number of phosphoric ester groups is 1.